The van der Waals surface area contributed by atoms with Crippen LogP contribution in [0.15, 0.2) is 43.2 Å². The van der Waals surface area contributed by atoms with Crippen LogP contribution in [0, 0.1) is 0 Å². The van der Waals surface area contributed by atoms with Gasteiger partial charge in [-0.05, 0) is 12.1 Å². The predicted molar refractivity (Wildman–Crippen MR) is 73.0 cm³/mol. The van der Waals surface area contributed by atoms with E-state index < -0.39 is 0 Å². The molecule has 1 amide bonds. The van der Waals surface area contributed by atoms with Gasteiger partial charge in [-0.25, -0.2) is 9.97 Å². The van der Waals surface area contributed by atoms with Crippen LogP contribution in [-0.2, 0) is 7.05 Å². The number of pyridine rings is 1. The van der Waals surface area contributed by atoms with Crippen molar-refractivity contribution in [3.63, 3.8) is 0 Å². The Morgan fingerprint density at radius 2 is 2.25 bits per heavy atom. The fourth-order valence-corrected chi connectivity index (χ4v) is 1.89. The smallest absolute Gasteiger partial charge is 0.260 e. The highest BCUT2D eigenvalue weighted by molar-refractivity contribution is 6.07. The summed E-state index contributed by atoms with van der Waals surface area (Å²) in [4.78, 5) is 27.4. The first-order valence-corrected chi connectivity index (χ1v) is 5.98. The van der Waals surface area contributed by atoms with Gasteiger partial charge in [0.1, 0.15) is 5.69 Å². The largest absolute Gasteiger partial charge is 0.332 e. The van der Waals surface area contributed by atoms with Gasteiger partial charge >= 0.3 is 0 Å². The Labute approximate surface area is 114 Å². The molecule has 0 aromatic carbocycles. The van der Waals surface area contributed by atoms with Crippen molar-refractivity contribution in [2.45, 2.75) is 0 Å². The number of hydrogen-bond acceptors (Lipinski definition) is 4. The van der Waals surface area contributed by atoms with Gasteiger partial charge in [0.2, 0.25) is 5.95 Å². The zero-order chi connectivity index (χ0) is 13.9. The third-order valence-electron chi connectivity index (χ3n) is 2.84. The molecule has 0 atom stereocenters. The van der Waals surface area contributed by atoms with E-state index in [1.807, 2.05) is 11.6 Å². The second kappa shape index (κ2) is 4.96. The van der Waals surface area contributed by atoms with E-state index in [-0.39, 0.29) is 5.91 Å². The van der Waals surface area contributed by atoms with Crippen molar-refractivity contribution in [2.75, 3.05) is 5.32 Å². The summed E-state index contributed by atoms with van der Waals surface area (Å²) >= 11 is 0. The highest BCUT2D eigenvalue weighted by Gasteiger charge is 2.16. The standard InChI is InChI=1S/C13H12N6O/c1-19-8-14-7-10(19)11-9(3-2-4-15-11)12(20)18-13-16-5-6-17-13/h2-8H,1H3,(H2,16,17,18,20). The molecule has 3 heterocycles. The second-order valence-corrected chi connectivity index (χ2v) is 4.18. The average molecular weight is 268 g/mol. The Balaban J connectivity index is 1.98. The molecule has 3 aromatic rings. The number of aromatic nitrogens is 5. The quantitative estimate of drug-likeness (QED) is 0.752. The molecule has 0 aliphatic carbocycles. The molecule has 3 rings (SSSR count). The lowest BCUT2D eigenvalue weighted by molar-refractivity contribution is 0.102. The van der Waals surface area contributed by atoms with Crippen molar-refractivity contribution in [1.29, 1.82) is 0 Å². The molecule has 20 heavy (non-hydrogen) atoms. The molecule has 0 bridgehead atoms. The lowest BCUT2D eigenvalue weighted by Crippen LogP contribution is -2.15. The average Bonchev–Trinajstić information content (AvgIpc) is 3.10. The maximum Gasteiger partial charge on any atom is 0.260 e. The Hall–Kier alpha value is -2.96. The molecule has 0 saturated carbocycles. The third kappa shape index (κ3) is 2.16. The van der Waals surface area contributed by atoms with Crippen molar-refractivity contribution < 1.29 is 4.79 Å². The first-order chi connectivity index (χ1) is 9.75. The highest BCUT2D eigenvalue weighted by atomic mass is 16.1. The summed E-state index contributed by atoms with van der Waals surface area (Å²) in [6.45, 7) is 0. The number of imidazole rings is 2. The van der Waals surface area contributed by atoms with Gasteiger partial charge in [0.05, 0.1) is 23.8 Å². The molecule has 0 aliphatic rings. The summed E-state index contributed by atoms with van der Waals surface area (Å²) in [6, 6.07) is 3.44. The molecule has 100 valence electrons. The Kier molecular flexibility index (Phi) is 3.00. The molecule has 7 nitrogen and oxygen atoms in total. The van der Waals surface area contributed by atoms with Crippen molar-refractivity contribution in [1.82, 2.24) is 24.5 Å². The van der Waals surface area contributed by atoms with E-state index in [1.54, 1.807) is 43.2 Å². The molecule has 0 saturated heterocycles. The lowest BCUT2D eigenvalue weighted by atomic mass is 10.1. The van der Waals surface area contributed by atoms with Crippen molar-refractivity contribution in [3.05, 3.63) is 48.8 Å². The molecule has 3 aromatic heterocycles. The number of rotatable bonds is 3. The number of amides is 1. The maximum absolute atomic E-state index is 12.3. The van der Waals surface area contributed by atoms with Gasteiger partial charge in [-0.1, -0.05) is 0 Å². The van der Waals surface area contributed by atoms with Crippen LogP contribution in [0.3, 0.4) is 0 Å². The minimum absolute atomic E-state index is 0.274. The number of hydrogen-bond donors (Lipinski definition) is 2. The molecule has 0 aliphatic heterocycles. The van der Waals surface area contributed by atoms with E-state index in [0.29, 0.717) is 17.2 Å². The molecule has 0 spiro atoms. The minimum Gasteiger partial charge on any atom is -0.332 e. The molecule has 0 unspecified atom stereocenters. The van der Waals surface area contributed by atoms with Gasteiger partial charge in [-0.15, -0.1) is 0 Å². The normalized spacial score (nSPS) is 10.4. The number of aryl methyl sites for hydroxylation is 1. The lowest BCUT2D eigenvalue weighted by Gasteiger charge is -2.08. The molecule has 0 radical (unpaired) electrons. The summed E-state index contributed by atoms with van der Waals surface area (Å²) in [7, 11) is 1.85. The van der Waals surface area contributed by atoms with Crippen LogP contribution >= 0.6 is 0 Å². The van der Waals surface area contributed by atoms with E-state index in [0.717, 1.165) is 5.69 Å². The van der Waals surface area contributed by atoms with Crippen LogP contribution in [0.2, 0.25) is 0 Å². The predicted octanol–water partition coefficient (Wildman–Crippen LogP) is 1.46. The highest BCUT2D eigenvalue weighted by Crippen LogP contribution is 2.20. The SMILES string of the molecule is Cn1cncc1-c1ncccc1C(=O)Nc1ncc[nH]1. The van der Waals surface area contributed by atoms with E-state index in [4.69, 9.17) is 0 Å². The van der Waals surface area contributed by atoms with Gasteiger partial charge in [0, 0.05) is 25.6 Å². The monoisotopic (exact) mass is 268 g/mol. The molecule has 0 fully saturated rings. The van der Waals surface area contributed by atoms with Crippen molar-refractivity contribution in [2.24, 2.45) is 7.05 Å². The maximum atomic E-state index is 12.3. The molecule has 2 N–H and O–H groups in total. The van der Waals surface area contributed by atoms with Crippen LogP contribution in [0.4, 0.5) is 5.95 Å². The summed E-state index contributed by atoms with van der Waals surface area (Å²) in [5, 5.41) is 2.68. The van der Waals surface area contributed by atoms with Gasteiger partial charge in [0.15, 0.2) is 0 Å². The van der Waals surface area contributed by atoms with Gasteiger partial charge in [-0.3, -0.25) is 15.1 Å². The van der Waals surface area contributed by atoms with Crippen LogP contribution in [0.5, 0.6) is 0 Å². The topological polar surface area (TPSA) is 88.5 Å². The Morgan fingerprint density at radius 3 is 2.95 bits per heavy atom. The third-order valence-corrected chi connectivity index (χ3v) is 2.84. The summed E-state index contributed by atoms with van der Waals surface area (Å²) in [5.74, 6) is 0.124. The van der Waals surface area contributed by atoms with Gasteiger partial charge in [-0.2, -0.15) is 0 Å². The number of aromatic amines is 1. The van der Waals surface area contributed by atoms with Crippen LogP contribution in [0.1, 0.15) is 10.4 Å². The number of carbonyl (C=O) groups excluding carboxylic acids is 1. The first kappa shape index (κ1) is 12.1. The summed E-state index contributed by atoms with van der Waals surface area (Å²) in [6.07, 6.45) is 8.19. The molecular formula is C13H12N6O. The summed E-state index contributed by atoms with van der Waals surface area (Å²) < 4.78 is 1.81. The Morgan fingerprint density at radius 1 is 1.35 bits per heavy atom. The Bertz CT molecular complexity index is 731. The van der Waals surface area contributed by atoms with E-state index >= 15 is 0 Å². The van der Waals surface area contributed by atoms with E-state index in [1.165, 1.54) is 0 Å². The first-order valence-electron chi connectivity index (χ1n) is 5.98. The fraction of sp³-hybridized carbons (Fsp3) is 0.0769. The van der Waals surface area contributed by atoms with Gasteiger partial charge in [0.25, 0.3) is 5.91 Å². The van der Waals surface area contributed by atoms with E-state index in [2.05, 4.69) is 25.3 Å². The van der Waals surface area contributed by atoms with Crippen molar-refractivity contribution >= 4 is 11.9 Å². The number of H-pyrrole nitrogens is 1. The number of nitrogens with zero attached hydrogens (tertiary/aromatic N) is 4. The number of nitrogens with one attached hydrogen (secondary N) is 2. The molecular weight excluding hydrogens is 256 g/mol. The fourth-order valence-electron chi connectivity index (χ4n) is 1.89. The zero-order valence-electron chi connectivity index (χ0n) is 10.7. The van der Waals surface area contributed by atoms with Crippen LogP contribution < -0.4 is 5.32 Å². The van der Waals surface area contributed by atoms with E-state index in [9.17, 15) is 4.79 Å². The zero-order valence-corrected chi connectivity index (χ0v) is 10.7. The second-order valence-electron chi connectivity index (χ2n) is 4.18. The molecule has 7 heteroatoms. The minimum atomic E-state index is -0.274. The summed E-state index contributed by atoms with van der Waals surface area (Å²) in [5.41, 5.74) is 1.82. The van der Waals surface area contributed by atoms with Gasteiger partial charge < -0.3 is 9.55 Å². The van der Waals surface area contributed by atoms with Crippen LogP contribution in [-0.4, -0.2) is 30.4 Å². The van der Waals surface area contributed by atoms with Crippen LogP contribution in [0.25, 0.3) is 11.4 Å². The number of carbonyl (C=O) groups is 1. The van der Waals surface area contributed by atoms with Crippen molar-refractivity contribution in [3.8, 4) is 11.4 Å². The number of anilines is 1.